The molecule has 1 aromatic carbocycles. The Labute approximate surface area is 124 Å². The van der Waals surface area contributed by atoms with Crippen molar-refractivity contribution in [2.75, 3.05) is 0 Å². The molecule has 0 atom stereocenters. The van der Waals surface area contributed by atoms with Gasteiger partial charge in [-0.25, -0.2) is 0 Å². The summed E-state index contributed by atoms with van der Waals surface area (Å²) in [6, 6.07) is 6.06. The van der Waals surface area contributed by atoms with E-state index >= 15 is 0 Å². The van der Waals surface area contributed by atoms with Gasteiger partial charge in [0.1, 0.15) is 0 Å². The van der Waals surface area contributed by atoms with E-state index in [0.717, 1.165) is 24.8 Å². The summed E-state index contributed by atoms with van der Waals surface area (Å²) in [6.45, 7) is 2.74. The average molecular weight is 299 g/mol. The van der Waals surface area contributed by atoms with Crippen LogP contribution in [0.4, 0.5) is 13.2 Å². The Kier molecular flexibility index (Phi) is 5.68. The van der Waals surface area contributed by atoms with Crippen molar-refractivity contribution < 1.29 is 13.2 Å². The summed E-state index contributed by atoms with van der Waals surface area (Å²) in [4.78, 5) is 0. The van der Waals surface area contributed by atoms with Crippen LogP contribution in [0.1, 0.15) is 56.6 Å². The Bertz CT molecular complexity index is 434. The van der Waals surface area contributed by atoms with Crippen LogP contribution in [0.3, 0.4) is 0 Å². The van der Waals surface area contributed by atoms with E-state index in [0.29, 0.717) is 18.2 Å². The molecule has 0 saturated heterocycles. The van der Waals surface area contributed by atoms with Gasteiger partial charge in [-0.2, -0.15) is 13.2 Å². The van der Waals surface area contributed by atoms with E-state index in [1.165, 1.54) is 37.8 Å². The van der Waals surface area contributed by atoms with Gasteiger partial charge in [-0.3, -0.25) is 0 Å². The van der Waals surface area contributed by atoms with Crippen LogP contribution in [0.25, 0.3) is 0 Å². The van der Waals surface area contributed by atoms with Crippen molar-refractivity contribution in [2.45, 2.75) is 64.2 Å². The number of halogens is 3. The second kappa shape index (κ2) is 7.30. The van der Waals surface area contributed by atoms with Crippen molar-refractivity contribution in [3.05, 3.63) is 35.4 Å². The lowest BCUT2D eigenvalue weighted by atomic mass is 9.83. The lowest BCUT2D eigenvalue weighted by Crippen LogP contribution is -2.32. The van der Waals surface area contributed by atoms with Gasteiger partial charge < -0.3 is 5.32 Å². The highest BCUT2D eigenvalue weighted by Crippen LogP contribution is 2.30. The van der Waals surface area contributed by atoms with E-state index in [2.05, 4.69) is 12.2 Å². The van der Waals surface area contributed by atoms with Crippen LogP contribution < -0.4 is 5.32 Å². The molecule has 1 saturated carbocycles. The van der Waals surface area contributed by atoms with Gasteiger partial charge in [-0.1, -0.05) is 38.0 Å². The molecular weight excluding hydrogens is 275 g/mol. The Morgan fingerprint density at radius 3 is 2.48 bits per heavy atom. The molecular formula is C17H24F3N. The Hall–Kier alpha value is -1.03. The summed E-state index contributed by atoms with van der Waals surface area (Å²) in [6.07, 6.45) is 3.07. The monoisotopic (exact) mass is 299 g/mol. The number of alkyl halides is 3. The second-order valence-electron chi connectivity index (χ2n) is 6.09. The van der Waals surface area contributed by atoms with Crippen molar-refractivity contribution in [1.29, 1.82) is 0 Å². The standard InChI is InChI=1S/C17H24F3N/c1-2-4-13-7-9-16(10-8-13)21-12-14-5-3-6-15(11-14)17(18,19)20/h3,5-6,11,13,16,21H,2,4,7-10,12H2,1H3. The average Bonchev–Trinajstić information content (AvgIpc) is 2.46. The molecule has 0 bridgehead atoms. The van der Waals surface area contributed by atoms with Crippen molar-refractivity contribution in [1.82, 2.24) is 5.32 Å². The summed E-state index contributed by atoms with van der Waals surface area (Å²) >= 11 is 0. The topological polar surface area (TPSA) is 12.0 Å². The lowest BCUT2D eigenvalue weighted by molar-refractivity contribution is -0.137. The summed E-state index contributed by atoms with van der Waals surface area (Å²) in [7, 11) is 0. The SMILES string of the molecule is CCCC1CCC(NCc2cccc(C(F)(F)F)c2)CC1. The molecule has 2 rings (SSSR count). The molecule has 0 amide bonds. The van der Waals surface area contributed by atoms with Crippen LogP contribution in [-0.4, -0.2) is 6.04 Å². The Balaban J connectivity index is 1.81. The molecule has 0 radical (unpaired) electrons. The highest BCUT2D eigenvalue weighted by molar-refractivity contribution is 5.25. The molecule has 0 unspecified atom stereocenters. The predicted molar refractivity (Wildman–Crippen MR) is 78.9 cm³/mol. The van der Waals surface area contributed by atoms with E-state index in [-0.39, 0.29) is 0 Å². The first-order valence-electron chi connectivity index (χ1n) is 7.88. The fourth-order valence-electron chi connectivity index (χ4n) is 3.18. The maximum atomic E-state index is 12.7. The summed E-state index contributed by atoms with van der Waals surface area (Å²) in [5.74, 6) is 0.849. The highest BCUT2D eigenvalue weighted by Gasteiger charge is 2.30. The molecule has 1 N–H and O–H groups in total. The molecule has 0 heterocycles. The Morgan fingerprint density at radius 1 is 1.14 bits per heavy atom. The van der Waals surface area contributed by atoms with E-state index in [4.69, 9.17) is 0 Å². The van der Waals surface area contributed by atoms with Gasteiger partial charge in [0.25, 0.3) is 0 Å². The van der Waals surface area contributed by atoms with Crippen LogP contribution >= 0.6 is 0 Å². The summed E-state index contributed by atoms with van der Waals surface area (Å²) in [5, 5.41) is 3.41. The van der Waals surface area contributed by atoms with Crippen molar-refractivity contribution in [3.8, 4) is 0 Å². The van der Waals surface area contributed by atoms with Crippen LogP contribution in [0.2, 0.25) is 0 Å². The molecule has 1 aliphatic rings. The molecule has 0 aliphatic heterocycles. The zero-order valence-corrected chi connectivity index (χ0v) is 12.5. The smallest absolute Gasteiger partial charge is 0.310 e. The molecule has 1 nitrogen and oxygen atoms in total. The number of rotatable bonds is 5. The summed E-state index contributed by atoms with van der Waals surface area (Å²) < 4.78 is 38.0. The maximum absolute atomic E-state index is 12.7. The van der Waals surface area contributed by atoms with Gasteiger partial charge in [-0.15, -0.1) is 0 Å². The number of nitrogens with one attached hydrogen (secondary N) is 1. The van der Waals surface area contributed by atoms with Crippen LogP contribution in [0, 0.1) is 5.92 Å². The van der Waals surface area contributed by atoms with Gasteiger partial charge in [0.05, 0.1) is 5.56 Å². The minimum Gasteiger partial charge on any atom is -0.310 e. The van der Waals surface area contributed by atoms with Gasteiger partial charge >= 0.3 is 6.18 Å². The maximum Gasteiger partial charge on any atom is 0.416 e. The minimum atomic E-state index is -4.26. The van der Waals surface area contributed by atoms with Gasteiger partial charge in [0.2, 0.25) is 0 Å². The van der Waals surface area contributed by atoms with E-state index in [1.807, 2.05) is 0 Å². The lowest BCUT2D eigenvalue weighted by Gasteiger charge is -2.29. The van der Waals surface area contributed by atoms with Crippen LogP contribution in [0.15, 0.2) is 24.3 Å². The molecule has 0 spiro atoms. The first-order valence-corrected chi connectivity index (χ1v) is 7.88. The van der Waals surface area contributed by atoms with Crippen molar-refractivity contribution in [3.63, 3.8) is 0 Å². The molecule has 0 aromatic heterocycles. The fraction of sp³-hybridized carbons (Fsp3) is 0.647. The Morgan fingerprint density at radius 2 is 1.86 bits per heavy atom. The molecule has 1 aliphatic carbocycles. The molecule has 21 heavy (non-hydrogen) atoms. The third-order valence-corrected chi connectivity index (χ3v) is 4.39. The van der Waals surface area contributed by atoms with Gasteiger partial charge in [0.15, 0.2) is 0 Å². The van der Waals surface area contributed by atoms with Crippen LogP contribution in [0.5, 0.6) is 0 Å². The van der Waals surface area contributed by atoms with E-state index < -0.39 is 11.7 Å². The molecule has 118 valence electrons. The predicted octanol–water partition coefficient (Wildman–Crippen LogP) is 5.15. The number of hydrogen-bond acceptors (Lipinski definition) is 1. The minimum absolute atomic E-state index is 0.452. The number of benzene rings is 1. The normalized spacial score (nSPS) is 23.2. The summed E-state index contributed by atoms with van der Waals surface area (Å²) in [5.41, 5.74) is 0.147. The molecule has 4 heteroatoms. The third kappa shape index (κ3) is 5.03. The van der Waals surface area contributed by atoms with Gasteiger partial charge in [-0.05, 0) is 43.2 Å². The fourth-order valence-corrected chi connectivity index (χ4v) is 3.18. The zero-order chi connectivity index (χ0) is 15.3. The van der Waals surface area contributed by atoms with E-state index in [1.54, 1.807) is 6.07 Å². The molecule has 1 fully saturated rings. The largest absolute Gasteiger partial charge is 0.416 e. The van der Waals surface area contributed by atoms with Crippen LogP contribution in [-0.2, 0) is 12.7 Å². The highest BCUT2D eigenvalue weighted by atomic mass is 19.4. The molecule has 1 aromatic rings. The van der Waals surface area contributed by atoms with Crippen molar-refractivity contribution >= 4 is 0 Å². The van der Waals surface area contributed by atoms with Crippen molar-refractivity contribution in [2.24, 2.45) is 5.92 Å². The quantitative estimate of drug-likeness (QED) is 0.792. The second-order valence-corrected chi connectivity index (χ2v) is 6.09. The first kappa shape index (κ1) is 16.3. The first-order chi connectivity index (χ1) is 9.99. The third-order valence-electron chi connectivity index (χ3n) is 4.39. The van der Waals surface area contributed by atoms with Gasteiger partial charge in [0, 0.05) is 12.6 Å². The zero-order valence-electron chi connectivity index (χ0n) is 12.5. The number of hydrogen-bond donors (Lipinski definition) is 1. The van der Waals surface area contributed by atoms with E-state index in [9.17, 15) is 13.2 Å².